The summed E-state index contributed by atoms with van der Waals surface area (Å²) >= 11 is 3.26. The Morgan fingerprint density at radius 1 is 1.46 bits per heavy atom. The van der Waals surface area contributed by atoms with Crippen LogP contribution < -0.4 is 0 Å². The molecule has 122 valence electrons. The molecule has 1 aromatic heterocycles. The number of carbonyl (C=O) groups excluding carboxylic acids is 1. The molecule has 0 unspecified atom stereocenters. The van der Waals surface area contributed by atoms with Crippen molar-refractivity contribution in [3.63, 3.8) is 0 Å². The number of nitriles is 1. The van der Waals surface area contributed by atoms with Crippen LogP contribution in [0.25, 0.3) is 17.4 Å². The number of nitro groups is 1. The highest BCUT2D eigenvalue weighted by Crippen LogP contribution is 2.32. The van der Waals surface area contributed by atoms with Gasteiger partial charge in [-0.25, -0.2) is 4.79 Å². The van der Waals surface area contributed by atoms with Crippen LogP contribution in [-0.2, 0) is 9.53 Å². The van der Waals surface area contributed by atoms with Gasteiger partial charge in [0.25, 0.3) is 5.69 Å². The van der Waals surface area contributed by atoms with Crippen LogP contribution in [-0.4, -0.2) is 17.5 Å². The van der Waals surface area contributed by atoms with E-state index in [2.05, 4.69) is 15.9 Å². The van der Waals surface area contributed by atoms with Gasteiger partial charge in [-0.2, -0.15) is 5.26 Å². The minimum atomic E-state index is -0.727. The van der Waals surface area contributed by atoms with Crippen molar-refractivity contribution >= 4 is 33.7 Å². The summed E-state index contributed by atoms with van der Waals surface area (Å²) in [5, 5.41) is 19.8. The number of nitro benzene ring substituents is 1. The van der Waals surface area contributed by atoms with Gasteiger partial charge in [0.15, 0.2) is 0 Å². The fourth-order valence-corrected chi connectivity index (χ4v) is 2.44. The third kappa shape index (κ3) is 3.88. The lowest BCUT2D eigenvalue weighted by atomic mass is 10.1. The molecule has 0 saturated heterocycles. The van der Waals surface area contributed by atoms with E-state index in [4.69, 9.17) is 14.4 Å². The molecular weight excluding hydrogens is 380 g/mol. The van der Waals surface area contributed by atoms with E-state index < -0.39 is 10.9 Å². The molecule has 0 aliphatic carbocycles. The molecule has 0 N–H and O–H groups in total. The van der Waals surface area contributed by atoms with Crippen LogP contribution in [0.15, 0.2) is 44.8 Å². The molecule has 0 bridgehead atoms. The predicted octanol–water partition coefficient (Wildman–Crippen LogP) is 4.09. The molecule has 0 saturated carbocycles. The number of hydrogen-bond acceptors (Lipinski definition) is 6. The second-order valence-electron chi connectivity index (χ2n) is 4.51. The molecule has 0 aliphatic rings. The van der Waals surface area contributed by atoms with Gasteiger partial charge in [-0.05, 0) is 41.1 Å². The van der Waals surface area contributed by atoms with Gasteiger partial charge in [0.1, 0.15) is 23.2 Å². The Morgan fingerprint density at radius 3 is 2.79 bits per heavy atom. The van der Waals surface area contributed by atoms with Crippen molar-refractivity contribution in [3.8, 4) is 17.4 Å². The highest BCUT2D eigenvalue weighted by Gasteiger charge is 2.14. The second-order valence-corrected chi connectivity index (χ2v) is 5.37. The highest BCUT2D eigenvalue weighted by molar-refractivity contribution is 9.10. The zero-order valence-corrected chi connectivity index (χ0v) is 14.1. The van der Waals surface area contributed by atoms with Gasteiger partial charge in [-0.15, -0.1) is 0 Å². The molecule has 0 amide bonds. The molecule has 2 aromatic rings. The molecule has 0 fully saturated rings. The van der Waals surface area contributed by atoms with Crippen molar-refractivity contribution in [2.45, 2.75) is 6.92 Å². The molecule has 0 atom stereocenters. The molecule has 0 spiro atoms. The lowest BCUT2D eigenvalue weighted by molar-refractivity contribution is -0.384. The van der Waals surface area contributed by atoms with Crippen molar-refractivity contribution in [1.82, 2.24) is 0 Å². The first kappa shape index (κ1) is 17.4. The SMILES string of the molecule is CCOC(=O)/C(C#N)=C\c1ccc(-c2ccc([N+](=O)[O-])cc2Br)o1. The summed E-state index contributed by atoms with van der Waals surface area (Å²) in [5.41, 5.74) is 0.377. The predicted molar refractivity (Wildman–Crippen MR) is 88.7 cm³/mol. The van der Waals surface area contributed by atoms with Crippen LogP contribution in [0.4, 0.5) is 5.69 Å². The van der Waals surface area contributed by atoms with Gasteiger partial charge in [-0.1, -0.05) is 0 Å². The van der Waals surface area contributed by atoms with Crippen molar-refractivity contribution < 1.29 is 18.9 Å². The Kier molecular flexibility index (Phi) is 5.50. The van der Waals surface area contributed by atoms with Gasteiger partial charge in [0.05, 0.1) is 11.5 Å². The van der Waals surface area contributed by atoms with E-state index in [-0.39, 0.29) is 17.9 Å². The number of hydrogen-bond donors (Lipinski definition) is 0. The summed E-state index contributed by atoms with van der Waals surface area (Å²) in [7, 11) is 0. The molecule has 24 heavy (non-hydrogen) atoms. The molecule has 1 aromatic carbocycles. The third-order valence-electron chi connectivity index (χ3n) is 2.96. The fourth-order valence-electron chi connectivity index (χ4n) is 1.88. The minimum Gasteiger partial charge on any atom is -0.462 e. The van der Waals surface area contributed by atoms with Crippen LogP contribution in [0.5, 0.6) is 0 Å². The summed E-state index contributed by atoms with van der Waals surface area (Å²) in [5.74, 6) is -0.00139. The number of halogens is 1. The summed E-state index contributed by atoms with van der Waals surface area (Å²) in [6.45, 7) is 1.81. The molecule has 0 radical (unpaired) electrons. The van der Waals surface area contributed by atoms with Gasteiger partial charge in [0, 0.05) is 28.2 Å². The number of non-ortho nitro benzene ring substituents is 1. The molecule has 8 heteroatoms. The average molecular weight is 391 g/mol. The first-order chi connectivity index (χ1) is 11.5. The molecule has 7 nitrogen and oxygen atoms in total. The maximum Gasteiger partial charge on any atom is 0.349 e. The van der Waals surface area contributed by atoms with Crippen LogP contribution >= 0.6 is 15.9 Å². The number of furan rings is 1. The average Bonchev–Trinajstić information content (AvgIpc) is 3.00. The Hall–Kier alpha value is -2.92. The highest BCUT2D eigenvalue weighted by atomic mass is 79.9. The summed E-state index contributed by atoms with van der Waals surface area (Å²) in [6.07, 6.45) is 1.28. The maximum absolute atomic E-state index is 11.6. The normalized spacial score (nSPS) is 11.0. The monoisotopic (exact) mass is 390 g/mol. The molecule has 2 rings (SSSR count). The largest absolute Gasteiger partial charge is 0.462 e. The Bertz CT molecular complexity index is 864. The number of esters is 1. The van der Waals surface area contributed by atoms with Gasteiger partial charge >= 0.3 is 5.97 Å². The first-order valence-corrected chi connectivity index (χ1v) is 7.58. The number of rotatable bonds is 5. The summed E-state index contributed by atoms with van der Waals surface area (Å²) < 4.78 is 10.8. The number of nitrogens with zero attached hydrogens (tertiary/aromatic N) is 2. The van der Waals surface area contributed by atoms with Crippen molar-refractivity contribution in [2.75, 3.05) is 6.61 Å². The quantitative estimate of drug-likeness (QED) is 0.250. The molecule has 1 heterocycles. The summed E-state index contributed by atoms with van der Waals surface area (Å²) in [6, 6.07) is 9.25. The zero-order chi connectivity index (χ0) is 17.7. The van der Waals surface area contributed by atoms with Crippen LogP contribution in [0.3, 0.4) is 0 Å². The van der Waals surface area contributed by atoms with Gasteiger partial charge < -0.3 is 9.15 Å². The van der Waals surface area contributed by atoms with Crippen molar-refractivity contribution in [2.24, 2.45) is 0 Å². The second kappa shape index (κ2) is 7.57. The van der Waals surface area contributed by atoms with E-state index in [1.807, 2.05) is 0 Å². The Morgan fingerprint density at radius 2 is 2.21 bits per heavy atom. The zero-order valence-electron chi connectivity index (χ0n) is 12.5. The van der Waals surface area contributed by atoms with Crippen molar-refractivity contribution in [1.29, 1.82) is 5.26 Å². The van der Waals surface area contributed by atoms with Gasteiger partial charge in [-0.3, -0.25) is 10.1 Å². The standard InChI is InChI=1S/C16H11BrN2O5/c1-2-23-16(20)10(9-18)7-12-4-6-15(24-12)13-5-3-11(19(21)22)8-14(13)17/h3-8H,2H2,1H3/b10-7-. The Balaban J connectivity index is 2.33. The van der Waals surface area contributed by atoms with E-state index in [0.29, 0.717) is 21.6 Å². The minimum absolute atomic E-state index is 0.0496. The van der Waals surface area contributed by atoms with Crippen LogP contribution in [0, 0.1) is 21.4 Å². The van der Waals surface area contributed by atoms with E-state index in [1.54, 1.807) is 31.2 Å². The first-order valence-electron chi connectivity index (χ1n) is 6.79. The van der Waals surface area contributed by atoms with Gasteiger partial charge in [0.2, 0.25) is 0 Å². The van der Waals surface area contributed by atoms with Crippen LogP contribution in [0.2, 0.25) is 0 Å². The maximum atomic E-state index is 11.6. The van der Waals surface area contributed by atoms with Crippen LogP contribution in [0.1, 0.15) is 12.7 Å². The number of ether oxygens (including phenoxy) is 1. The number of benzene rings is 1. The fraction of sp³-hybridized carbons (Fsp3) is 0.125. The lowest BCUT2D eigenvalue weighted by Gasteiger charge is -2.01. The molecule has 0 aliphatic heterocycles. The number of carbonyl (C=O) groups is 1. The van der Waals surface area contributed by atoms with E-state index in [0.717, 1.165) is 0 Å². The van der Waals surface area contributed by atoms with E-state index >= 15 is 0 Å². The Labute approximate surface area is 145 Å². The smallest absolute Gasteiger partial charge is 0.349 e. The topological polar surface area (TPSA) is 106 Å². The molecular formula is C16H11BrN2O5. The van der Waals surface area contributed by atoms with E-state index in [9.17, 15) is 14.9 Å². The van der Waals surface area contributed by atoms with E-state index in [1.165, 1.54) is 18.2 Å². The van der Waals surface area contributed by atoms with Crippen molar-refractivity contribution in [3.05, 3.63) is 56.3 Å². The summed E-state index contributed by atoms with van der Waals surface area (Å²) in [4.78, 5) is 21.8. The third-order valence-corrected chi connectivity index (χ3v) is 3.61. The lowest BCUT2D eigenvalue weighted by Crippen LogP contribution is -2.05.